The van der Waals surface area contributed by atoms with E-state index in [9.17, 15) is 5.11 Å². The topological polar surface area (TPSA) is 23.5 Å². The summed E-state index contributed by atoms with van der Waals surface area (Å²) in [4.78, 5) is 2.32. The Labute approximate surface area is 213 Å². The molecule has 2 heteroatoms. The van der Waals surface area contributed by atoms with Gasteiger partial charge in [0, 0.05) is 22.5 Å². The van der Waals surface area contributed by atoms with Crippen LogP contribution in [0.3, 0.4) is 0 Å². The van der Waals surface area contributed by atoms with Crippen LogP contribution >= 0.6 is 0 Å². The Morgan fingerprint density at radius 3 is 2.19 bits per heavy atom. The molecule has 178 valence electrons. The Morgan fingerprint density at radius 1 is 0.667 bits per heavy atom. The maximum absolute atomic E-state index is 9.87. The Hall–Kier alpha value is -3.88. The highest BCUT2D eigenvalue weighted by Crippen LogP contribution is 2.51. The van der Waals surface area contributed by atoms with E-state index in [1.807, 2.05) is 12.1 Å². The molecule has 5 aromatic rings. The average molecular weight is 470 g/mol. The summed E-state index contributed by atoms with van der Waals surface area (Å²) in [5.41, 5.74) is 12.0. The van der Waals surface area contributed by atoms with Crippen LogP contribution in [0.1, 0.15) is 41.7 Å². The Balaban J connectivity index is 1.58. The maximum atomic E-state index is 9.87. The molecule has 6 rings (SSSR count). The van der Waals surface area contributed by atoms with Gasteiger partial charge >= 0.3 is 0 Å². The highest BCUT2D eigenvalue weighted by Gasteiger charge is 2.36. The van der Waals surface area contributed by atoms with Gasteiger partial charge in [-0.3, -0.25) is 0 Å². The number of aliphatic hydroxyl groups excluding tert-OH is 1. The lowest BCUT2D eigenvalue weighted by Crippen LogP contribution is -2.17. The summed E-state index contributed by atoms with van der Waals surface area (Å²) in [7, 11) is 0. The standard InChI is InChI=1S/C34H31NO/c1-22-12-14-30-31-15-13-27(20-33(31)34(3,4)32(30)16-22)35(26-10-7-8-24(18-26)21-36)28-17-23(2)29-11-6-5-9-25(29)19-28/h5-20,36H,21H2,1-4H3. The first-order valence-corrected chi connectivity index (χ1v) is 12.6. The van der Waals surface area contributed by atoms with Crippen molar-refractivity contribution in [1.29, 1.82) is 0 Å². The summed E-state index contributed by atoms with van der Waals surface area (Å²) in [6.45, 7) is 9.03. The van der Waals surface area contributed by atoms with E-state index >= 15 is 0 Å². The quantitative estimate of drug-likeness (QED) is 0.284. The van der Waals surface area contributed by atoms with Gasteiger partial charge in [0.15, 0.2) is 0 Å². The molecule has 1 N–H and O–H groups in total. The summed E-state index contributed by atoms with van der Waals surface area (Å²) >= 11 is 0. The lowest BCUT2D eigenvalue weighted by molar-refractivity contribution is 0.282. The molecule has 0 atom stereocenters. The summed E-state index contributed by atoms with van der Waals surface area (Å²) in [6, 6.07) is 35.0. The zero-order chi connectivity index (χ0) is 25.0. The van der Waals surface area contributed by atoms with Crippen molar-refractivity contribution in [2.24, 2.45) is 0 Å². The van der Waals surface area contributed by atoms with Gasteiger partial charge in [0.2, 0.25) is 0 Å². The number of rotatable bonds is 4. The maximum Gasteiger partial charge on any atom is 0.0682 e. The number of anilines is 3. The van der Waals surface area contributed by atoms with Gasteiger partial charge in [-0.05, 0) is 94.4 Å². The van der Waals surface area contributed by atoms with Crippen LogP contribution in [0, 0.1) is 13.8 Å². The highest BCUT2D eigenvalue weighted by molar-refractivity contribution is 5.92. The fourth-order valence-electron chi connectivity index (χ4n) is 5.83. The van der Waals surface area contributed by atoms with Crippen molar-refractivity contribution in [3.63, 3.8) is 0 Å². The zero-order valence-electron chi connectivity index (χ0n) is 21.3. The monoisotopic (exact) mass is 469 g/mol. The van der Waals surface area contributed by atoms with Gasteiger partial charge in [0.25, 0.3) is 0 Å². The Bertz CT molecular complexity index is 1630. The minimum absolute atomic E-state index is 0.0182. The van der Waals surface area contributed by atoms with Crippen LogP contribution in [-0.2, 0) is 12.0 Å². The molecular formula is C34H31NO. The van der Waals surface area contributed by atoms with Crippen molar-refractivity contribution < 1.29 is 5.11 Å². The summed E-state index contributed by atoms with van der Waals surface area (Å²) < 4.78 is 0. The second-order valence-corrected chi connectivity index (χ2v) is 10.6. The van der Waals surface area contributed by atoms with E-state index in [2.05, 4.69) is 118 Å². The summed E-state index contributed by atoms with van der Waals surface area (Å²) in [6.07, 6.45) is 0. The van der Waals surface area contributed by atoms with E-state index < -0.39 is 0 Å². The van der Waals surface area contributed by atoms with Crippen LogP contribution < -0.4 is 4.90 Å². The Kier molecular flexibility index (Phi) is 5.24. The van der Waals surface area contributed by atoms with E-state index in [4.69, 9.17) is 0 Å². The third-order valence-corrected chi connectivity index (χ3v) is 7.74. The van der Waals surface area contributed by atoms with Crippen molar-refractivity contribution >= 4 is 27.8 Å². The van der Waals surface area contributed by atoms with E-state index in [1.54, 1.807) is 0 Å². The largest absolute Gasteiger partial charge is 0.392 e. The first-order valence-electron chi connectivity index (χ1n) is 12.6. The number of aryl methyl sites for hydroxylation is 2. The molecule has 0 aromatic heterocycles. The third kappa shape index (κ3) is 3.53. The van der Waals surface area contributed by atoms with Crippen molar-refractivity contribution in [2.75, 3.05) is 4.90 Å². The van der Waals surface area contributed by atoms with Crippen molar-refractivity contribution in [3.05, 3.63) is 125 Å². The number of hydrogen-bond donors (Lipinski definition) is 1. The summed E-state index contributed by atoms with van der Waals surface area (Å²) in [5, 5.41) is 12.4. The minimum atomic E-state index is -0.0788. The molecule has 0 amide bonds. The van der Waals surface area contributed by atoms with E-state index in [0.717, 1.165) is 22.6 Å². The van der Waals surface area contributed by atoms with Gasteiger partial charge in [-0.15, -0.1) is 0 Å². The van der Waals surface area contributed by atoms with Crippen LogP contribution in [0.2, 0.25) is 0 Å². The van der Waals surface area contributed by atoms with E-state index in [0.29, 0.717) is 0 Å². The molecule has 0 unspecified atom stereocenters. The van der Waals surface area contributed by atoms with Gasteiger partial charge in [-0.1, -0.05) is 80.1 Å². The van der Waals surface area contributed by atoms with Crippen molar-refractivity contribution in [1.82, 2.24) is 0 Å². The van der Waals surface area contributed by atoms with Crippen LogP contribution in [0.25, 0.3) is 21.9 Å². The lowest BCUT2D eigenvalue weighted by atomic mass is 9.82. The molecule has 0 radical (unpaired) electrons. The van der Waals surface area contributed by atoms with Crippen LogP contribution in [-0.4, -0.2) is 5.11 Å². The molecule has 1 aliphatic carbocycles. The van der Waals surface area contributed by atoms with Gasteiger partial charge in [0.1, 0.15) is 0 Å². The molecule has 0 spiro atoms. The molecule has 0 saturated heterocycles. The molecule has 0 saturated carbocycles. The van der Waals surface area contributed by atoms with E-state index in [1.165, 1.54) is 44.2 Å². The van der Waals surface area contributed by atoms with Gasteiger partial charge in [-0.2, -0.15) is 0 Å². The summed E-state index contributed by atoms with van der Waals surface area (Å²) in [5.74, 6) is 0. The predicted octanol–water partition coefficient (Wildman–Crippen LogP) is 8.73. The second-order valence-electron chi connectivity index (χ2n) is 10.6. The SMILES string of the molecule is Cc1ccc2c(c1)C(C)(C)c1cc(N(c3cccc(CO)c3)c3cc(C)c4ccccc4c3)ccc1-2. The zero-order valence-corrected chi connectivity index (χ0v) is 21.3. The van der Waals surface area contributed by atoms with Crippen LogP contribution in [0.15, 0.2) is 97.1 Å². The average Bonchev–Trinajstić information content (AvgIpc) is 3.10. The van der Waals surface area contributed by atoms with Crippen molar-refractivity contribution in [3.8, 4) is 11.1 Å². The number of nitrogens with zero attached hydrogens (tertiary/aromatic N) is 1. The van der Waals surface area contributed by atoms with E-state index in [-0.39, 0.29) is 12.0 Å². The van der Waals surface area contributed by atoms with Gasteiger partial charge < -0.3 is 10.0 Å². The molecular weight excluding hydrogens is 438 g/mol. The molecule has 36 heavy (non-hydrogen) atoms. The molecule has 0 fully saturated rings. The number of aliphatic hydroxyl groups is 1. The first-order chi connectivity index (χ1) is 17.4. The number of benzene rings is 5. The predicted molar refractivity (Wildman–Crippen MR) is 152 cm³/mol. The molecule has 1 aliphatic rings. The first kappa shape index (κ1) is 22.6. The molecule has 2 nitrogen and oxygen atoms in total. The third-order valence-electron chi connectivity index (χ3n) is 7.74. The minimum Gasteiger partial charge on any atom is -0.392 e. The van der Waals surface area contributed by atoms with Crippen molar-refractivity contribution in [2.45, 2.75) is 39.7 Å². The number of hydrogen-bond acceptors (Lipinski definition) is 2. The van der Waals surface area contributed by atoms with Gasteiger partial charge in [0.05, 0.1) is 6.61 Å². The molecule has 0 aliphatic heterocycles. The Morgan fingerprint density at radius 2 is 1.39 bits per heavy atom. The molecule has 0 heterocycles. The van der Waals surface area contributed by atoms with Gasteiger partial charge in [-0.25, -0.2) is 0 Å². The lowest BCUT2D eigenvalue weighted by Gasteiger charge is -2.29. The molecule has 0 bridgehead atoms. The normalized spacial score (nSPS) is 13.5. The van der Waals surface area contributed by atoms with Crippen LogP contribution in [0.5, 0.6) is 0 Å². The number of fused-ring (bicyclic) bond motifs is 4. The highest BCUT2D eigenvalue weighted by atomic mass is 16.3. The fourth-order valence-corrected chi connectivity index (χ4v) is 5.83. The second kappa shape index (κ2) is 8.36. The fraction of sp³-hybridized carbons (Fsp3) is 0.176. The smallest absolute Gasteiger partial charge is 0.0682 e. The van der Waals surface area contributed by atoms with Crippen LogP contribution in [0.4, 0.5) is 17.1 Å². The molecule has 5 aromatic carbocycles.